The largest absolute Gasteiger partial charge is 0.339 e. The molecule has 2 heterocycles. The summed E-state index contributed by atoms with van der Waals surface area (Å²) >= 11 is 7.66. The van der Waals surface area contributed by atoms with Crippen molar-refractivity contribution in [3.05, 3.63) is 59.1 Å². The minimum Gasteiger partial charge on any atom is -0.339 e. The number of carbonyl (C=O) groups is 1. The molecule has 4 rings (SSSR count). The normalized spacial score (nSPS) is 15.3. The standard InChI is InChI=1S/C21H23ClN4OS/c1-24-9-11-25(12-10-24)20(27)15-28-21-23-18-13-17(22)7-8-19(18)26(21)14-16-5-3-2-4-6-16/h2-8,13H,9-12,14-15H2,1H3. The van der Waals surface area contributed by atoms with Gasteiger partial charge >= 0.3 is 0 Å². The van der Waals surface area contributed by atoms with Gasteiger partial charge in [0.15, 0.2) is 5.16 Å². The van der Waals surface area contributed by atoms with Crippen LogP contribution in [0.3, 0.4) is 0 Å². The van der Waals surface area contributed by atoms with Crippen molar-refractivity contribution < 1.29 is 4.79 Å². The summed E-state index contributed by atoms with van der Waals surface area (Å²) in [5.74, 6) is 0.574. The number of likely N-dealkylation sites (N-methyl/N-ethyl adjacent to an activating group) is 1. The van der Waals surface area contributed by atoms with Gasteiger partial charge in [0.05, 0.1) is 23.3 Å². The van der Waals surface area contributed by atoms with E-state index in [1.165, 1.54) is 17.3 Å². The molecular formula is C21H23ClN4OS. The summed E-state index contributed by atoms with van der Waals surface area (Å²) in [6, 6.07) is 16.1. The van der Waals surface area contributed by atoms with Crippen LogP contribution in [-0.2, 0) is 11.3 Å². The van der Waals surface area contributed by atoms with Crippen LogP contribution in [-0.4, -0.2) is 64.2 Å². The molecule has 146 valence electrons. The molecule has 1 aliphatic heterocycles. The third kappa shape index (κ3) is 4.35. The number of nitrogens with zero attached hydrogens (tertiary/aromatic N) is 4. The summed E-state index contributed by atoms with van der Waals surface area (Å²) in [7, 11) is 2.09. The van der Waals surface area contributed by atoms with Gasteiger partial charge in [-0.15, -0.1) is 0 Å². The van der Waals surface area contributed by atoms with E-state index in [4.69, 9.17) is 16.6 Å². The van der Waals surface area contributed by atoms with Crippen molar-refractivity contribution in [3.8, 4) is 0 Å². The number of thioether (sulfide) groups is 1. The van der Waals surface area contributed by atoms with Gasteiger partial charge in [0.2, 0.25) is 5.91 Å². The molecule has 1 amide bonds. The number of piperazine rings is 1. The minimum absolute atomic E-state index is 0.175. The summed E-state index contributed by atoms with van der Waals surface area (Å²) < 4.78 is 2.17. The fourth-order valence-electron chi connectivity index (χ4n) is 3.38. The second kappa shape index (κ2) is 8.55. The number of fused-ring (bicyclic) bond motifs is 1. The molecule has 3 aromatic rings. The van der Waals surface area contributed by atoms with Crippen LogP contribution in [0, 0.1) is 0 Å². The Balaban J connectivity index is 1.55. The third-order valence-electron chi connectivity index (χ3n) is 5.04. The van der Waals surface area contributed by atoms with E-state index in [0.717, 1.165) is 42.4 Å². The highest BCUT2D eigenvalue weighted by Gasteiger charge is 2.20. The average molecular weight is 415 g/mol. The van der Waals surface area contributed by atoms with Crippen LogP contribution in [0.4, 0.5) is 0 Å². The van der Waals surface area contributed by atoms with E-state index < -0.39 is 0 Å². The van der Waals surface area contributed by atoms with Gasteiger partial charge in [0, 0.05) is 31.2 Å². The highest BCUT2D eigenvalue weighted by molar-refractivity contribution is 7.99. The number of hydrogen-bond acceptors (Lipinski definition) is 4. The maximum Gasteiger partial charge on any atom is 0.233 e. The second-order valence-corrected chi connectivity index (χ2v) is 8.45. The first-order chi connectivity index (χ1) is 13.6. The zero-order valence-corrected chi connectivity index (χ0v) is 17.4. The van der Waals surface area contributed by atoms with Gasteiger partial charge in [-0.3, -0.25) is 4.79 Å². The SMILES string of the molecule is CN1CCN(C(=O)CSc2nc3cc(Cl)ccc3n2Cc2ccccc2)CC1. The molecule has 28 heavy (non-hydrogen) atoms. The summed E-state index contributed by atoms with van der Waals surface area (Å²) in [4.78, 5) is 21.6. The monoisotopic (exact) mass is 414 g/mol. The van der Waals surface area contributed by atoms with Gasteiger partial charge in [-0.25, -0.2) is 4.98 Å². The van der Waals surface area contributed by atoms with Gasteiger partial charge in [0.1, 0.15) is 0 Å². The Morgan fingerprint density at radius 3 is 2.61 bits per heavy atom. The van der Waals surface area contributed by atoms with E-state index in [1.54, 1.807) is 0 Å². The molecule has 1 aromatic heterocycles. The van der Waals surface area contributed by atoms with Crippen molar-refractivity contribution in [1.82, 2.24) is 19.4 Å². The summed E-state index contributed by atoms with van der Waals surface area (Å²) in [5.41, 5.74) is 3.09. The second-order valence-electron chi connectivity index (χ2n) is 7.07. The first kappa shape index (κ1) is 19.3. The first-order valence-electron chi connectivity index (χ1n) is 9.39. The van der Waals surface area contributed by atoms with Crippen molar-refractivity contribution >= 4 is 40.3 Å². The van der Waals surface area contributed by atoms with Gasteiger partial charge in [-0.05, 0) is 30.8 Å². The van der Waals surface area contributed by atoms with Gasteiger partial charge in [-0.2, -0.15) is 0 Å². The Morgan fingerprint density at radius 2 is 1.86 bits per heavy atom. The number of carbonyl (C=O) groups excluding carboxylic acids is 1. The number of imidazole rings is 1. The van der Waals surface area contributed by atoms with E-state index in [9.17, 15) is 4.79 Å². The predicted octanol–water partition coefficient (Wildman–Crippen LogP) is 3.60. The predicted molar refractivity (Wildman–Crippen MR) is 115 cm³/mol. The van der Waals surface area contributed by atoms with E-state index >= 15 is 0 Å². The summed E-state index contributed by atoms with van der Waals surface area (Å²) in [5, 5.41) is 1.52. The lowest BCUT2D eigenvalue weighted by molar-refractivity contribution is -0.129. The van der Waals surface area contributed by atoms with Gasteiger partial charge in [-0.1, -0.05) is 53.7 Å². The lowest BCUT2D eigenvalue weighted by Gasteiger charge is -2.32. The zero-order chi connectivity index (χ0) is 19.5. The fourth-order valence-corrected chi connectivity index (χ4v) is 4.47. The van der Waals surface area contributed by atoms with E-state index in [-0.39, 0.29) is 5.91 Å². The molecule has 0 spiro atoms. The highest BCUT2D eigenvalue weighted by atomic mass is 35.5. The molecule has 0 aliphatic carbocycles. The molecule has 1 fully saturated rings. The zero-order valence-electron chi connectivity index (χ0n) is 15.8. The van der Waals surface area contributed by atoms with Crippen LogP contribution < -0.4 is 0 Å². The molecule has 0 unspecified atom stereocenters. The number of rotatable bonds is 5. The molecule has 0 atom stereocenters. The topological polar surface area (TPSA) is 41.4 Å². The fraction of sp³-hybridized carbons (Fsp3) is 0.333. The van der Waals surface area contributed by atoms with E-state index in [2.05, 4.69) is 28.6 Å². The Bertz CT molecular complexity index is 967. The lowest BCUT2D eigenvalue weighted by Crippen LogP contribution is -2.47. The number of aromatic nitrogens is 2. The maximum absolute atomic E-state index is 12.6. The van der Waals surface area contributed by atoms with Crippen molar-refractivity contribution in [2.24, 2.45) is 0 Å². The van der Waals surface area contributed by atoms with Crippen molar-refractivity contribution in [1.29, 1.82) is 0 Å². The quantitative estimate of drug-likeness (QED) is 0.598. The van der Waals surface area contributed by atoms with E-state index in [1.807, 2.05) is 41.3 Å². The van der Waals surface area contributed by atoms with Gasteiger partial charge in [0.25, 0.3) is 0 Å². The van der Waals surface area contributed by atoms with Crippen LogP contribution in [0.2, 0.25) is 5.02 Å². The van der Waals surface area contributed by atoms with Gasteiger partial charge < -0.3 is 14.4 Å². The highest BCUT2D eigenvalue weighted by Crippen LogP contribution is 2.27. The summed E-state index contributed by atoms with van der Waals surface area (Å²) in [6.45, 7) is 4.17. The molecule has 0 radical (unpaired) electrons. The molecule has 2 aromatic carbocycles. The number of hydrogen-bond donors (Lipinski definition) is 0. The number of benzene rings is 2. The Hall–Kier alpha value is -2.02. The molecule has 1 saturated heterocycles. The molecule has 0 saturated carbocycles. The molecule has 7 heteroatoms. The van der Waals surface area contributed by atoms with Crippen molar-refractivity contribution in [3.63, 3.8) is 0 Å². The number of amides is 1. The van der Waals surface area contributed by atoms with Crippen LogP contribution in [0.25, 0.3) is 11.0 Å². The molecule has 0 bridgehead atoms. The minimum atomic E-state index is 0.175. The molecular weight excluding hydrogens is 392 g/mol. The summed E-state index contributed by atoms with van der Waals surface area (Å²) in [6.07, 6.45) is 0. The molecule has 0 N–H and O–H groups in total. The van der Waals surface area contributed by atoms with Crippen LogP contribution >= 0.6 is 23.4 Å². The van der Waals surface area contributed by atoms with Crippen LogP contribution in [0.1, 0.15) is 5.56 Å². The first-order valence-corrected chi connectivity index (χ1v) is 10.8. The third-order valence-corrected chi connectivity index (χ3v) is 6.24. The average Bonchev–Trinajstić information content (AvgIpc) is 3.04. The Labute approximate surface area is 174 Å². The smallest absolute Gasteiger partial charge is 0.233 e. The number of halogens is 1. The molecule has 5 nitrogen and oxygen atoms in total. The Morgan fingerprint density at radius 1 is 1.11 bits per heavy atom. The Kier molecular flexibility index (Phi) is 5.90. The van der Waals surface area contributed by atoms with Crippen LogP contribution in [0.15, 0.2) is 53.7 Å². The maximum atomic E-state index is 12.6. The van der Waals surface area contributed by atoms with Crippen molar-refractivity contribution in [2.75, 3.05) is 39.0 Å². The lowest BCUT2D eigenvalue weighted by atomic mass is 10.2. The molecule has 1 aliphatic rings. The van der Waals surface area contributed by atoms with E-state index in [0.29, 0.717) is 17.3 Å². The van der Waals surface area contributed by atoms with Crippen LogP contribution in [0.5, 0.6) is 0 Å². The van der Waals surface area contributed by atoms with Crippen molar-refractivity contribution in [2.45, 2.75) is 11.7 Å².